The maximum Gasteiger partial charge on any atom is 0.270 e. The summed E-state index contributed by atoms with van der Waals surface area (Å²) in [5.41, 5.74) is 0.156. The van der Waals surface area contributed by atoms with Crippen LogP contribution in [0.2, 0.25) is 0 Å². The average Bonchev–Trinajstić information content (AvgIpc) is 3.09. The molecule has 0 aliphatic carbocycles. The Morgan fingerprint density at radius 2 is 2.04 bits per heavy atom. The molecule has 0 radical (unpaired) electrons. The van der Waals surface area contributed by atoms with Gasteiger partial charge in [0.05, 0.1) is 0 Å². The summed E-state index contributed by atoms with van der Waals surface area (Å²) in [7, 11) is 0. The molecule has 0 fully saturated rings. The van der Waals surface area contributed by atoms with Gasteiger partial charge in [0.25, 0.3) is 11.9 Å². The maximum atomic E-state index is 13.5. The zero-order chi connectivity index (χ0) is 16.9. The van der Waals surface area contributed by atoms with Gasteiger partial charge >= 0.3 is 0 Å². The molecule has 0 unspecified atom stereocenters. The van der Waals surface area contributed by atoms with Gasteiger partial charge in [-0.05, 0) is 41.6 Å². The molecule has 3 aromatic rings. The number of tetrazole rings is 1. The predicted molar refractivity (Wildman–Crippen MR) is 79.8 cm³/mol. The Bertz CT molecular complexity index is 903. The fourth-order valence-electron chi connectivity index (χ4n) is 1.89. The molecule has 9 heteroatoms. The second-order valence-corrected chi connectivity index (χ2v) is 4.54. The van der Waals surface area contributed by atoms with E-state index in [1.807, 2.05) is 0 Å². The third kappa shape index (κ3) is 3.17. The Morgan fingerprint density at radius 3 is 2.71 bits per heavy atom. The number of carbonyl (C=O) groups is 1. The van der Waals surface area contributed by atoms with Gasteiger partial charge in [-0.15, -0.1) is 5.10 Å². The topological polar surface area (TPSA) is 117 Å². The van der Waals surface area contributed by atoms with Gasteiger partial charge in [-0.2, -0.15) is 10.5 Å². The molecular weight excluding hydrogens is 315 g/mol. The Kier molecular flexibility index (Phi) is 4.11. The summed E-state index contributed by atoms with van der Waals surface area (Å²) in [6.45, 7) is 0. The number of rotatable bonds is 4. The largest absolute Gasteiger partial charge is 0.456 e. The molecule has 1 heterocycles. The summed E-state index contributed by atoms with van der Waals surface area (Å²) in [6, 6.07) is 11.9. The molecule has 0 aliphatic rings. The number of H-pyrrole nitrogens is 1. The van der Waals surface area contributed by atoms with Crippen molar-refractivity contribution in [3.05, 3.63) is 59.4 Å². The first-order valence-corrected chi connectivity index (χ1v) is 6.68. The number of halogens is 1. The van der Waals surface area contributed by atoms with Crippen LogP contribution in [-0.2, 0) is 0 Å². The van der Waals surface area contributed by atoms with Crippen molar-refractivity contribution in [3.8, 4) is 17.6 Å². The molecule has 0 aliphatic heterocycles. The lowest BCUT2D eigenvalue weighted by atomic mass is 10.2. The van der Waals surface area contributed by atoms with Crippen LogP contribution in [0.4, 0.5) is 10.3 Å². The highest BCUT2D eigenvalue weighted by Gasteiger charge is 2.11. The van der Waals surface area contributed by atoms with Crippen LogP contribution in [0, 0.1) is 17.1 Å². The minimum Gasteiger partial charge on any atom is -0.456 e. The van der Waals surface area contributed by atoms with E-state index in [9.17, 15) is 9.18 Å². The number of hydrogen-bond acceptors (Lipinski definition) is 6. The predicted octanol–water partition coefficient (Wildman–Crippen LogP) is 2.26. The summed E-state index contributed by atoms with van der Waals surface area (Å²) in [5.74, 6) is -0.578. The number of ether oxygens (including phenoxy) is 1. The molecule has 1 aromatic heterocycles. The molecule has 2 N–H and O–H groups in total. The minimum absolute atomic E-state index is 0.0544. The Balaban J connectivity index is 1.75. The van der Waals surface area contributed by atoms with Crippen molar-refractivity contribution in [3.63, 3.8) is 0 Å². The third-order valence-electron chi connectivity index (χ3n) is 3.00. The summed E-state index contributed by atoms with van der Waals surface area (Å²) < 4.78 is 19.0. The molecule has 118 valence electrons. The SMILES string of the molecule is N#Cc1c(F)cccc1Oc1ccc(C(=O)Nc2nn[nH]n2)cc1. The maximum absolute atomic E-state index is 13.5. The summed E-state index contributed by atoms with van der Waals surface area (Å²) in [4.78, 5) is 12.0. The first-order chi connectivity index (χ1) is 11.7. The molecule has 24 heavy (non-hydrogen) atoms. The van der Waals surface area contributed by atoms with Crippen molar-refractivity contribution in [2.24, 2.45) is 0 Å². The minimum atomic E-state index is -0.661. The number of amides is 1. The number of hydrogen-bond donors (Lipinski definition) is 2. The zero-order valence-electron chi connectivity index (χ0n) is 12.0. The number of aromatic amines is 1. The molecule has 0 spiro atoms. The van der Waals surface area contributed by atoms with Crippen molar-refractivity contribution in [1.82, 2.24) is 20.6 Å². The second-order valence-electron chi connectivity index (χ2n) is 4.54. The molecular formula is C15H9FN6O2. The number of nitrogens with zero attached hydrogens (tertiary/aromatic N) is 4. The average molecular weight is 324 g/mol. The molecule has 8 nitrogen and oxygen atoms in total. The number of anilines is 1. The number of carbonyl (C=O) groups excluding carboxylic acids is 1. The van der Waals surface area contributed by atoms with Gasteiger partial charge in [0.15, 0.2) is 0 Å². The van der Waals surface area contributed by atoms with E-state index in [0.717, 1.165) is 0 Å². The van der Waals surface area contributed by atoms with Gasteiger partial charge in [0, 0.05) is 5.56 Å². The van der Waals surface area contributed by atoms with Crippen LogP contribution in [-0.4, -0.2) is 26.5 Å². The standard InChI is InChI=1S/C15H9FN6O2/c16-12-2-1-3-13(11(12)8-17)24-10-6-4-9(5-7-10)14(23)18-15-19-21-22-20-15/h1-7H,(H2,18,19,20,21,22,23). The molecule has 0 bridgehead atoms. The van der Waals surface area contributed by atoms with Crippen molar-refractivity contribution in [1.29, 1.82) is 5.26 Å². The highest BCUT2D eigenvalue weighted by Crippen LogP contribution is 2.26. The van der Waals surface area contributed by atoms with E-state index in [1.54, 1.807) is 6.07 Å². The van der Waals surface area contributed by atoms with E-state index >= 15 is 0 Å². The summed E-state index contributed by atoms with van der Waals surface area (Å²) >= 11 is 0. The highest BCUT2D eigenvalue weighted by atomic mass is 19.1. The zero-order valence-corrected chi connectivity index (χ0v) is 12.0. The fraction of sp³-hybridized carbons (Fsp3) is 0. The van der Waals surface area contributed by atoms with E-state index in [4.69, 9.17) is 10.00 Å². The normalized spacial score (nSPS) is 10.0. The number of benzene rings is 2. The van der Waals surface area contributed by atoms with Gasteiger partial charge < -0.3 is 4.74 Å². The van der Waals surface area contributed by atoms with Crippen LogP contribution in [0.15, 0.2) is 42.5 Å². The van der Waals surface area contributed by atoms with E-state index in [-0.39, 0.29) is 17.3 Å². The van der Waals surface area contributed by atoms with Gasteiger partial charge in [-0.3, -0.25) is 10.1 Å². The molecule has 2 aromatic carbocycles. The van der Waals surface area contributed by atoms with Crippen LogP contribution < -0.4 is 10.1 Å². The lowest BCUT2D eigenvalue weighted by Crippen LogP contribution is -2.12. The monoisotopic (exact) mass is 324 g/mol. The van der Waals surface area contributed by atoms with Gasteiger partial charge in [-0.1, -0.05) is 11.2 Å². The van der Waals surface area contributed by atoms with E-state index in [1.165, 1.54) is 42.5 Å². The van der Waals surface area contributed by atoms with E-state index in [2.05, 4.69) is 25.9 Å². The van der Waals surface area contributed by atoms with E-state index in [0.29, 0.717) is 11.3 Å². The third-order valence-corrected chi connectivity index (χ3v) is 3.00. The Hall–Kier alpha value is -3.80. The van der Waals surface area contributed by atoms with Crippen molar-refractivity contribution >= 4 is 11.9 Å². The van der Waals surface area contributed by atoms with Gasteiger partial charge in [0.2, 0.25) is 0 Å². The van der Waals surface area contributed by atoms with E-state index < -0.39 is 11.7 Å². The quantitative estimate of drug-likeness (QED) is 0.760. The van der Waals surface area contributed by atoms with Crippen LogP contribution in [0.1, 0.15) is 15.9 Å². The Labute approximate surface area is 134 Å². The van der Waals surface area contributed by atoms with Crippen LogP contribution in [0.5, 0.6) is 11.5 Å². The molecule has 3 rings (SSSR count). The molecule has 0 saturated heterocycles. The second kappa shape index (κ2) is 6.53. The number of nitrogens with one attached hydrogen (secondary N) is 2. The van der Waals surface area contributed by atoms with Gasteiger partial charge in [0.1, 0.15) is 28.9 Å². The number of nitriles is 1. The molecule has 0 atom stereocenters. The highest BCUT2D eigenvalue weighted by molar-refractivity contribution is 6.03. The lowest BCUT2D eigenvalue weighted by Gasteiger charge is -2.08. The van der Waals surface area contributed by atoms with Crippen LogP contribution >= 0.6 is 0 Å². The van der Waals surface area contributed by atoms with Gasteiger partial charge in [-0.25, -0.2) is 4.39 Å². The van der Waals surface area contributed by atoms with Crippen molar-refractivity contribution in [2.75, 3.05) is 5.32 Å². The summed E-state index contributed by atoms with van der Waals surface area (Å²) in [6.07, 6.45) is 0. The summed E-state index contributed by atoms with van der Waals surface area (Å²) in [5, 5.41) is 24.2. The smallest absolute Gasteiger partial charge is 0.270 e. The lowest BCUT2D eigenvalue weighted by molar-refractivity contribution is 0.102. The number of aromatic nitrogens is 4. The first-order valence-electron chi connectivity index (χ1n) is 6.68. The molecule has 0 saturated carbocycles. The van der Waals surface area contributed by atoms with Crippen molar-refractivity contribution in [2.45, 2.75) is 0 Å². The Morgan fingerprint density at radius 1 is 1.25 bits per heavy atom. The first kappa shape index (κ1) is 15.1. The van der Waals surface area contributed by atoms with Crippen molar-refractivity contribution < 1.29 is 13.9 Å². The molecule has 1 amide bonds. The fourth-order valence-corrected chi connectivity index (χ4v) is 1.89. The van der Waals surface area contributed by atoms with Crippen LogP contribution in [0.3, 0.4) is 0 Å². The van der Waals surface area contributed by atoms with Crippen LogP contribution in [0.25, 0.3) is 0 Å².